The number of amides is 4. The van der Waals surface area contributed by atoms with Crippen molar-refractivity contribution in [1.29, 1.82) is 0 Å². The van der Waals surface area contributed by atoms with Crippen molar-refractivity contribution in [1.82, 2.24) is 9.80 Å². The molecule has 9 rings (SSSR count). The largest absolute Gasteiger partial charge is 0.480 e. The summed E-state index contributed by atoms with van der Waals surface area (Å²) in [4.78, 5) is 83.1. The first kappa shape index (κ1) is 31.1. The lowest BCUT2D eigenvalue weighted by atomic mass is 9.81. The molecule has 0 radical (unpaired) electrons. The van der Waals surface area contributed by atoms with Gasteiger partial charge in [0, 0.05) is 45.9 Å². The fraction of sp³-hybridized carbons (Fsp3) is 0.0952. The molecule has 7 aromatic carbocycles. The number of carbonyl (C=O) groups excluding carboxylic acids is 4. The Morgan fingerprint density at radius 2 is 0.712 bits per heavy atom. The van der Waals surface area contributed by atoms with E-state index in [0.29, 0.717) is 54.2 Å². The summed E-state index contributed by atoms with van der Waals surface area (Å²) in [5, 5.41) is 25.2. The quantitative estimate of drug-likeness (QED) is 0.107. The second-order valence-electron chi connectivity index (χ2n) is 13.2. The van der Waals surface area contributed by atoms with E-state index in [9.17, 15) is 39.0 Å². The van der Waals surface area contributed by atoms with Gasteiger partial charge in [-0.15, -0.1) is 0 Å². The van der Waals surface area contributed by atoms with E-state index in [2.05, 4.69) is 0 Å². The minimum atomic E-state index is -1.43. The van der Waals surface area contributed by atoms with Gasteiger partial charge in [-0.1, -0.05) is 84.9 Å². The third kappa shape index (κ3) is 4.30. The molecule has 7 aromatic rings. The molecule has 2 aliphatic rings. The second kappa shape index (κ2) is 11.3. The van der Waals surface area contributed by atoms with Gasteiger partial charge >= 0.3 is 11.9 Å². The number of hydrogen-bond acceptors (Lipinski definition) is 6. The highest BCUT2D eigenvalue weighted by molar-refractivity contribution is 6.41. The van der Waals surface area contributed by atoms with Crippen molar-refractivity contribution in [3.05, 3.63) is 143 Å². The minimum absolute atomic E-state index is 0.0589. The molecule has 0 fully saturated rings. The fourth-order valence-electron chi connectivity index (χ4n) is 8.12. The summed E-state index contributed by atoms with van der Waals surface area (Å²) in [7, 11) is 0. The van der Waals surface area contributed by atoms with Gasteiger partial charge in [0.05, 0.1) is 0 Å². The molecule has 0 bridgehead atoms. The fourth-order valence-corrected chi connectivity index (χ4v) is 8.12. The monoisotopic (exact) mass is 686 g/mol. The highest BCUT2D eigenvalue weighted by Crippen LogP contribution is 2.46. The zero-order valence-corrected chi connectivity index (χ0v) is 27.2. The Labute approximate surface area is 294 Å². The van der Waals surface area contributed by atoms with Crippen LogP contribution >= 0.6 is 0 Å². The van der Waals surface area contributed by atoms with Gasteiger partial charge in [0.1, 0.15) is 12.1 Å². The van der Waals surface area contributed by atoms with Crippen LogP contribution in [0.2, 0.25) is 0 Å². The normalized spacial score (nSPS) is 15.3. The number of hydrogen-bond donors (Lipinski definition) is 2. The molecule has 10 heteroatoms. The zero-order chi connectivity index (χ0) is 36.0. The van der Waals surface area contributed by atoms with Crippen LogP contribution in [-0.2, 0) is 22.4 Å². The van der Waals surface area contributed by atoms with Gasteiger partial charge in [0.25, 0.3) is 23.6 Å². The molecular weight excluding hydrogens is 660 g/mol. The molecule has 0 saturated heterocycles. The lowest BCUT2D eigenvalue weighted by Gasteiger charge is -2.33. The second-order valence-corrected chi connectivity index (χ2v) is 13.2. The number of nitrogens with zero attached hydrogens (tertiary/aromatic N) is 2. The van der Waals surface area contributed by atoms with Crippen molar-refractivity contribution in [2.45, 2.75) is 24.9 Å². The van der Waals surface area contributed by atoms with Crippen LogP contribution in [0.4, 0.5) is 0 Å². The van der Waals surface area contributed by atoms with Crippen LogP contribution in [0.25, 0.3) is 43.1 Å². The number of fused-ring (bicyclic) bond motifs is 2. The first-order valence-corrected chi connectivity index (χ1v) is 16.6. The van der Waals surface area contributed by atoms with Gasteiger partial charge in [-0.3, -0.25) is 29.0 Å². The van der Waals surface area contributed by atoms with Crippen molar-refractivity contribution in [2.24, 2.45) is 0 Å². The third-order valence-corrected chi connectivity index (χ3v) is 10.4. The molecule has 52 heavy (non-hydrogen) atoms. The van der Waals surface area contributed by atoms with Gasteiger partial charge in [0.2, 0.25) is 0 Å². The first-order chi connectivity index (χ1) is 25.2. The summed E-state index contributed by atoms with van der Waals surface area (Å²) in [6.45, 7) is 0. The van der Waals surface area contributed by atoms with Crippen molar-refractivity contribution >= 4 is 78.7 Å². The van der Waals surface area contributed by atoms with Crippen molar-refractivity contribution in [2.75, 3.05) is 0 Å². The Balaban J connectivity index is 1.21. The topological polar surface area (TPSA) is 149 Å². The van der Waals surface area contributed by atoms with Crippen LogP contribution in [0.3, 0.4) is 0 Å². The number of carboxylic acids is 2. The van der Waals surface area contributed by atoms with Crippen molar-refractivity contribution < 1.29 is 39.0 Å². The van der Waals surface area contributed by atoms with Gasteiger partial charge < -0.3 is 10.2 Å². The van der Waals surface area contributed by atoms with Crippen LogP contribution in [0, 0.1) is 0 Å². The molecule has 0 aliphatic carbocycles. The molecular formula is C42H26N2O8. The third-order valence-electron chi connectivity index (χ3n) is 10.4. The average molecular weight is 687 g/mol. The van der Waals surface area contributed by atoms with Crippen LogP contribution in [0.5, 0.6) is 0 Å². The minimum Gasteiger partial charge on any atom is -0.480 e. The number of carbonyl (C=O) groups is 6. The van der Waals surface area contributed by atoms with E-state index in [1.165, 1.54) is 0 Å². The highest BCUT2D eigenvalue weighted by atomic mass is 16.4. The standard InChI is InChI=1S/C42H26N2O8/c45-37-27-15-11-23-25-13-17-29-36-30(40(48)44(39(29)47)32(42(51)52)20-22-9-5-2-6-10-22)18-14-26(34(25)36)24-12-16-28(35(27)33(23)24)38(46)43(37)31(41(49)50)19-21-7-3-1-4-8-21/h1-18,31-32H,19-20H2,(H,49,50)(H,51,52)/t31-,32-/m0/s1. The van der Waals surface area contributed by atoms with Crippen molar-refractivity contribution in [3.8, 4) is 0 Å². The zero-order valence-electron chi connectivity index (χ0n) is 27.2. The number of imide groups is 2. The number of benzene rings is 7. The lowest BCUT2D eigenvalue weighted by molar-refractivity contribution is -0.142. The molecule has 2 N–H and O–H groups in total. The van der Waals surface area contributed by atoms with E-state index in [-0.39, 0.29) is 35.1 Å². The number of aliphatic carboxylic acids is 2. The SMILES string of the molecule is O=C(O)[C@H](Cc1ccccc1)N1C(=O)c2ccc3c4ccc5c6c(ccc(c7ccc(c2c37)C1=O)c64)C(=O)N([C@@H](Cc1ccccc1)C(=O)O)C5=O. The van der Waals surface area contributed by atoms with Crippen LogP contribution < -0.4 is 0 Å². The van der Waals surface area contributed by atoms with E-state index < -0.39 is 47.7 Å². The maximum Gasteiger partial charge on any atom is 0.327 e. The summed E-state index contributed by atoms with van der Waals surface area (Å²) < 4.78 is 0. The lowest BCUT2D eigenvalue weighted by Crippen LogP contribution is -2.51. The Morgan fingerprint density at radius 3 is 0.981 bits per heavy atom. The molecule has 252 valence electrons. The summed E-state index contributed by atoms with van der Waals surface area (Å²) >= 11 is 0. The maximum absolute atomic E-state index is 14.1. The molecule has 0 unspecified atom stereocenters. The van der Waals surface area contributed by atoms with Gasteiger partial charge in [-0.05, 0) is 67.7 Å². The van der Waals surface area contributed by atoms with Crippen LogP contribution in [0.15, 0.2) is 109 Å². The molecule has 10 nitrogen and oxygen atoms in total. The van der Waals surface area contributed by atoms with Gasteiger partial charge in [0.15, 0.2) is 0 Å². The predicted octanol–water partition coefficient (Wildman–Crippen LogP) is 6.32. The average Bonchev–Trinajstić information content (AvgIpc) is 3.15. The van der Waals surface area contributed by atoms with E-state index in [1.807, 2.05) is 0 Å². The highest BCUT2D eigenvalue weighted by Gasteiger charge is 2.43. The number of carboxylic acid groups (broad SMARTS) is 2. The molecule has 2 aliphatic heterocycles. The Bertz CT molecular complexity index is 2430. The molecule has 0 aromatic heterocycles. The summed E-state index contributed by atoms with van der Waals surface area (Å²) in [5.41, 5.74) is 2.12. The summed E-state index contributed by atoms with van der Waals surface area (Å²) in [5.74, 6) is -5.43. The Kier molecular flexibility index (Phi) is 6.75. The Morgan fingerprint density at radius 1 is 0.423 bits per heavy atom. The van der Waals surface area contributed by atoms with Crippen molar-refractivity contribution in [3.63, 3.8) is 0 Å². The number of rotatable bonds is 8. The van der Waals surface area contributed by atoms with Crippen LogP contribution in [-0.4, -0.2) is 67.7 Å². The smallest absolute Gasteiger partial charge is 0.327 e. The maximum atomic E-state index is 14.1. The first-order valence-electron chi connectivity index (χ1n) is 16.6. The molecule has 0 saturated carbocycles. The van der Waals surface area contributed by atoms with E-state index in [1.54, 1.807) is 109 Å². The predicted molar refractivity (Wildman–Crippen MR) is 192 cm³/mol. The molecule has 4 amide bonds. The van der Waals surface area contributed by atoms with E-state index in [0.717, 1.165) is 9.80 Å². The van der Waals surface area contributed by atoms with E-state index >= 15 is 0 Å². The molecule has 0 spiro atoms. The van der Waals surface area contributed by atoms with Crippen LogP contribution in [0.1, 0.15) is 52.6 Å². The Hall–Kier alpha value is -6.94. The van der Waals surface area contributed by atoms with Gasteiger partial charge in [-0.25, -0.2) is 9.59 Å². The molecule has 2 heterocycles. The summed E-state index contributed by atoms with van der Waals surface area (Å²) in [6, 6.07) is 28.1. The summed E-state index contributed by atoms with van der Waals surface area (Å²) in [6.07, 6.45) is -0.118. The van der Waals surface area contributed by atoms with E-state index in [4.69, 9.17) is 0 Å². The van der Waals surface area contributed by atoms with Gasteiger partial charge in [-0.2, -0.15) is 0 Å². The molecule has 2 atom stereocenters.